The number of rotatable bonds is 9. The number of fused-ring (bicyclic) bond motifs is 1. The molecule has 2 aromatic rings. The van der Waals surface area contributed by atoms with Crippen LogP contribution in [0, 0.1) is 0 Å². The van der Waals surface area contributed by atoms with Crippen molar-refractivity contribution >= 4 is 41.2 Å². The summed E-state index contributed by atoms with van der Waals surface area (Å²) < 4.78 is 10.5. The monoisotopic (exact) mass is 441 g/mol. The average Bonchev–Trinajstić information content (AvgIpc) is 2.97. The molecule has 0 N–H and O–H groups in total. The largest absolute Gasteiger partial charge is 0.492 e. The summed E-state index contributed by atoms with van der Waals surface area (Å²) in [4.78, 5) is 48.0. The van der Waals surface area contributed by atoms with E-state index in [4.69, 9.17) is 21.1 Å². The molecule has 2 amide bonds. The third kappa shape index (κ3) is 5.58. The summed E-state index contributed by atoms with van der Waals surface area (Å²) in [5.74, 6) is -0.995. The molecule has 1 aliphatic heterocycles. The highest BCUT2D eigenvalue weighted by atomic mass is 35.5. The first kappa shape index (κ1) is 22.2. The zero-order valence-electron chi connectivity index (χ0n) is 16.8. The highest BCUT2D eigenvalue weighted by Gasteiger charge is 2.34. The number of hydrogen-bond donors (Lipinski definition) is 0. The van der Waals surface area contributed by atoms with E-state index in [0.717, 1.165) is 4.90 Å². The van der Waals surface area contributed by atoms with Gasteiger partial charge in [-0.15, -0.1) is 0 Å². The molecule has 0 radical (unpaired) electrons. The molecule has 0 saturated carbocycles. The Bertz CT molecular complexity index is 1030. The molecule has 7 nitrogen and oxygen atoms in total. The van der Waals surface area contributed by atoms with E-state index >= 15 is 0 Å². The Morgan fingerprint density at radius 2 is 1.74 bits per heavy atom. The van der Waals surface area contributed by atoms with E-state index in [2.05, 4.69) is 0 Å². The molecule has 2 aromatic carbocycles. The van der Waals surface area contributed by atoms with Gasteiger partial charge in [0.15, 0.2) is 0 Å². The number of imide groups is 1. The quantitative estimate of drug-likeness (QED) is 0.336. The lowest BCUT2D eigenvalue weighted by Crippen LogP contribution is -2.33. The Morgan fingerprint density at radius 3 is 2.35 bits per heavy atom. The minimum absolute atomic E-state index is 0.0287. The first-order valence-corrected chi connectivity index (χ1v) is 9.94. The lowest BCUT2D eigenvalue weighted by molar-refractivity contribution is -0.144. The first-order chi connectivity index (χ1) is 14.9. The fraction of sp³-hybridized carbons (Fsp3) is 0.217. The van der Waals surface area contributed by atoms with Gasteiger partial charge < -0.3 is 9.47 Å². The van der Waals surface area contributed by atoms with E-state index in [1.807, 2.05) is 0 Å². The van der Waals surface area contributed by atoms with Crippen molar-refractivity contribution in [2.45, 2.75) is 13.3 Å². The van der Waals surface area contributed by atoms with Gasteiger partial charge in [0.25, 0.3) is 11.8 Å². The van der Waals surface area contributed by atoms with Crippen LogP contribution in [0.4, 0.5) is 0 Å². The van der Waals surface area contributed by atoms with Gasteiger partial charge in [0.05, 0.1) is 22.7 Å². The summed E-state index contributed by atoms with van der Waals surface area (Å²) >= 11 is 6.25. The Kier molecular flexibility index (Phi) is 7.20. The third-order valence-electron chi connectivity index (χ3n) is 4.46. The fourth-order valence-electron chi connectivity index (χ4n) is 3.00. The minimum Gasteiger partial charge on any atom is -0.492 e. The Labute approximate surface area is 184 Å². The van der Waals surface area contributed by atoms with Crippen molar-refractivity contribution in [2.75, 3.05) is 19.8 Å². The van der Waals surface area contributed by atoms with Crippen LogP contribution in [-0.4, -0.2) is 48.2 Å². The molecule has 0 unspecified atom stereocenters. The molecule has 3 rings (SSSR count). The summed E-state index contributed by atoms with van der Waals surface area (Å²) in [7, 11) is 0. The predicted molar refractivity (Wildman–Crippen MR) is 114 cm³/mol. The van der Waals surface area contributed by atoms with Gasteiger partial charge in [-0.3, -0.25) is 24.1 Å². The van der Waals surface area contributed by atoms with Crippen LogP contribution in [0.3, 0.4) is 0 Å². The molecule has 0 aliphatic carbocycles. The number of carbonyl (C=O) groups is 4. The topological polar surface area (TPSA) is 90.0 Å². The number of carbonyl (C=O) groups excluding carboxylic acids is 4. The maximum absolute atomic E-state index is 12.3. The number of halogens is 1. The summed E-state index contributed by atoms with van der Waals surface area (Å²) in [6.45, 7) is 1.60. The molecule has 0 aromatic heterocycles. The molecule has 0 fully saturated rings. The van der Waals surface area contributed by atoms with Crippen molar-refractivity contribution in [1.82, 2.24) is 4.90 Å². The smallest absolute Gasteiger partial charge is 0.313 e. The second-order valence-electron chi connectivity index (χ2n) is 6.80. The van der Waals surface area contributed by atoms with Gasteiger partial charge in [-0.25, -0.2) is 0 Å². The van der Waals surface area contributed by atoms with Gasteiger partial charge >= 0.3 is 5.97 Å². The highest BCUT2D eigenvalue weighted by molar-refractivity contribution is 6.32. The van der Waals surface area contributed by atoms with Crippen LogP contribution in [0.25, 0.3) is 6.08 Å². The molecular weight excluding hydrogens is 422 g/mol. The SMILES string of the molecule is CC(=O)CC(=O)OCC=Cc1ccc(OCCN2C(=O)c3ccccc3C2=O)cc1Cl. The van der Waals surface area contributed by atoms with Crippen molar-refractivity contribution in [1.29, 1.82) is 0 Å². The summed E-state index contributed by atoms with van der Waals surface area (Å²) in [5, 5.41) is 0.421. The number of ketones is 1. The van der Waals surface area contributed by atoms with Crippen molar-refractivity contribution < 1.29 is 28.7 Å². The Morgan fingerprint density at radius 1 is 1.06 bits per heavy atom. The zero-order chi connectivity index (χ0) is 22.4. The number of esters is 1. The second kappa shape index (κ2) is 10.0. The first-order valence-electron chi connectivity index (χ1n) is 9.56. The maximum atomic E-state index is 12.3. The Hall–Kier alpha value is -3.45. The molecule has 0 bridgehead atoms. The number of benzene rings is 2. The molecule has 0 spiro atoms. The molecule has 1 heterocycles. The van der Waals surface area contributed by atoms with Crippen LogP contribution in [0.2, 0.25) is 5.02 Å². The second-order valence-corrected chi connectivity index (χ2v) is 7.21. The number of Topliss-reactive ketones (excluding diaryl/α,β-unsaturated/α-hetero) is 1. The van der Waals surface area contributed by atoms with E-state index in [1.54, 1.807) is 54.6 Å². The van der Waals surface area contributed by atoms with Gasteiger partial charge in [-0.05, 0) is 48.9 Å². The van der Waals surface area contributed by atoms with E-state index in [9.17, 15) is 19.2 Å². The molecule has 160 valence electrons. The number of nitrogens with zero attached hydrogens (tertiary/aromatic N) is 1. The third-order valence-corrected chi connectivity index (χ3v) is 4.79. The van der Waals surface area contributed by atoms with Crippen molar-refractivity contribution in [3.8, 4) is 5.75 Å². The van der Waals surface area contributed by atoms with Crippen LogP contribution in [0.15, 0.2) is 48.5 Å². The average molecular weight is 442 g/mol. The lowest BCUT2D eigenvalue weighted by Gasteiger charge is -2.14. The van der Waals surface area contributed by atoms with Crippen LogP contribution in [-0.2, 0) is 14.3 Å². The zero-order valence-corrected chi connectivity index (χ0v) is 17.6. The van der Waals surface area contributed by atoms with E-state index in [0.29, 0.717) is 27.5 Å². The number of hydrogen-bond acceptors (Lipinski definition) is 6. The summed E-state index contributed by atoms with van der Waals surface area (Å²) in [6, 6.07) is 11.8. The van der Waals surface area contributed by atoms with Gasteiger partial charge in [0.2, 0.25) is 0 Å². The molecule has 0 atom stereocenters. The van der Waals surface area contributed by atoms with Crippen LogP contribution < -0.4 is 4.74 Å². The maximum Gasteiger partial charge on any atom is 0.313 e. The van der Waals surface area contributed by atoms with E-state index < -0.39 is 5.97 Å². The molecule has 1 aliphatic rings. The molecule has 31 heavy (non-hydrogen) atoms. The number of ether oxygens (including phenoxy) is 2. The molecular formula is C23H20ClNO6. The van der Waals surface area contributed by atoms with Gasteiger partial charge in [0, 0.05) is 0 Å². The molecule has 0 saturated heterocycles. The van der Waals surface area contributed by atoms with Gasteiger partial charge in [0.1, 0.15) is 31.2 Å². The van der Waals surface area contributed by atoms with E-state index in [1.165, 1.54) is 6.92 Å². The lowest BCUT2D eigenvalue weighted by atomic mass is 10.1. The fourth-order valence-corrected chi connectivity index (χ4v) is 3.23. The van der Waals surface area contributed by atoms with Crippen molar-refractivity contribution in [2.24, 2.45) is 0 Å². The highest BCUT2D eigenvalue weighted by Crippen LogP contribution is 2.25. The Balaban J connectivity index is 1.49. The van der Waals surface area contributed by atoms with E-state index in [-0.39, 0.29) is 43.8 Å². The van der Waals surface area contributed by atoms with Crippen molar-refractivity contribution in [3.63, 3.8) is 0 Å². The van der Waals surface area contributed by atoms with Gasteiger partial charge in [-0.2, -0.15) is 0 Å². The normalized spacial score (nSPS) is 12.9. The van der Waals surface area contributed by atoms with Gasteiger partial charge in [-0.1, -0.05) is 29.8 Å². The standard InChI is InChI=1S/C23H20ClNO6/c1-15(26)13-21(27)31-11-4-5-16-8-9-17(14-20(16)24)30-12-10-25-22(28)18-6-2-3-7-19(18)23(25)29/h2-9,14H,10-13H2,1H3. The minimum atomic E-state index is -0.579. The van der Waals surface area contributed by atoms with Crippen molar-refractivity contribution in [3.05, 3.63) is 70.3 Å². The summed E-state index contributed by atoms with van der Waals surface area (Å²) in [6.07, 6.45) is 3.05. The number of amides is 2. The van der Waals surface area contributed by atoms with Crippen LogP contribution >= 0.6 is 11.6 Å². The van der Waals surface area contributed by atoms with Crippen LogP contribution in [0.1, 0.15) is 39.6 Å². The van der Waals surface area contributed by atoms with Crippen LogP contribution in [0.5, 0.6) is 5.75 Å². The molecule has 8 heteroatoms. The summed E-state index contributed by atoms with van der Waals surface area (Å²) in [5.41, 5.74) is 1.49. The predicted octanol–water partition coefficient (Wildman–Crippen LogP) is 3.55.